The molecule has 0 aliphatic rings. The number of nitrogens with one attached hydrogen (secondary N) is 1. The molecule has 0 aliphatic heterocycles. The molecule has 0 atom stereocenters. The molecular formula is C11H9ClN2OS. The number of halogens is 1. The van der Waals surface area contributed by atoms with Gasteiger partial charge in [-0.2, -0.15) is 11.3 Å². The van der Waals surface area contributed by atoms with Crippen molar-refractivity contribution in [2.75, 3.05) is 5.32 Å². The summed E-state index contributed by atoms with van der Waals surface area (Å²) in [5.74, 6) is -0.134. The van der Waals surface area contributed by atoms with E-state index in [1.165, 1.54) is 11.3 Å². The van der Waals surface area contributed by atoms with Crippen LogP contribution >= 0.6 is 22.9 Å². The Morgan fingerprint density at radius 2 is 2.38 bits per heavy atom. The smallest absolute Gasteiger partial charge is 0.256 e. The first-order chi connectivity index (χ1) is 7.66. The van der Waals surface area contributed by atoms with Gasteiger partial charge in [-0.15, -0.1) is 0 Å². The van der Waals surface area contributed by atoms with E-state index in [2.05, 4.69) is 10.3 Å². The van der Waals surface area contributed by atoms with Gasteiger partial charge in [-0.05, 0) is 30.0 Å². The lowest BCUT2D eigenvalue weighted by molar-refractivity contribution is 0.102. The first-order valence-electron chi connectivity index (χ1n) is 4.62. The Labute approximate surface area is 102 Å². The van der Waals surface area contributed by atoms with Gasteiger partial charge in [-0.25, -0.2) is 4.98 Å². The SMILES string of the molecule is Cc1cc(NC(=O)c2ccsc2)cnc1Cl. The topological polar surface area (TPSA) is 42.0 Å². The van der Waals surface area contributed by atoms with Crippen molar-refractivity contribution in [2.45, 2.75) is 6.92 Å². The van der Waals surface area contributed by atoms with Gasteiger partial charge in [0.05, 0.1) is 17.4 Å². The summed E-state index contributed by atoms with van der Waals surface area (Å²) < 4.78 is 0. The average Bonchev–Trinajstić information content (AvgIpc) is 2.77. The molecule has 16 heavy (non-hydrogen) atoms. The summed E-state index contributed by atoms with van der Waals surface area (Å²) in [6.07, 6.45) is 1.54. The number of amides is 1. The Bertz CT molecular complexity index is 511. The zero-order chi connectivity index (χ0) is 11.5. The van der Waals surface area contributed by atoms with Crippen molar-refractivity contribution in [3.05, 3.63) is 45.4 Å². The number of rotatable bonds is 2. The Morgan fingerprint density at radius 1 is 1.56 bits per heavy atom. The molecule has 0 unspecified atom stereocenters. The van der Waals surface area contributed by atoms with Gasteiger partial charge < -0.3 is 5.32 Å². The van der Waals surface area contributed by atoms with Gasteiger partial charge in [0.25, 0.3) is 5.91 Å². The first-order valence-corrected chi connectivity index (χ1v) is 5.94. The molecule has 0 radical (unpaired) electrons. The molecule has 1 N–H and O–H groups in total. The van der Waals surface area contributed by atoms with Crippen LogP contribution in [0.5, 0.6) is 0 Å². The van der Waals surface area contributed by atoms with Crippen molar-refractivity contribution in [1.29, 1.82) is 0 Å². The van der Waals surface area contributed by atoms with E-state index in [1.807, 2.05) is 12.3 Å². The second-order valence-corrected chi connectivity index (χ2v) is 4.44. The molecule has 3 nitrogen and oxygen atoms in total. The van der Waals surface area contributed by atoms with Crippen molar-refractivity contribution in [3.63, 3.8) is 0 Å². The highest BCUT2D eigenvalue weighted by molar-refractivity contribution is 7.08. The van der Waals surface area contributed by atoms with E-state index >= 15 is 0 Å². The van der Waals surface area contributed by atoms with Gasteiger partial charge in [0, 0.05) is 5.38 Å². The first kappa shape index (κ1) is 11.1. The summed E-state index contributed by atoms with van der Waals surface area (Å²) in [7, 11) is 0. The number of pyridine rings is 1. The van der Waals surface area contributed by atoms with E-state index in [-0.39, 0.29) is 5.91 Å². The summed E-state index contributed by atoms with van der Waals surface area (Å²) in [5, 5.41) is 6.87. The second-order valence-electron chi connectivity index (χ2n) is 3.30. The minimum absolute atomic E-state index is 0.134. The maximum absolute atomic E-state index is 11.7. The highest BCUT2D eigenvalue weighted by Crippen LogP contribution is 2.17. The third-order valence-electron chi connectivity index (χ3n) is 2.06. The molecule has 5 heteroatoms. The van der Waals surface area contributed by atoms with E-state index in [1.54, 1.807) is 23.7 Å². The standard InChI is InChI=1S/C11H9ClN2OS/c1-7-4-9(5-13-10(7)12)14-11(15)8-2-3-16-6-8/h2-6H,1H3,(H,14,15). The fraction of sp³-hybridized carbons (Fsp3) is 0.0909. The number of nitrogens with zero attached hydrogens (tertiary/aromatic N) is 1. The van der Waals surface area contributed by atoms with Gasteiger partial charge in [-0.3, -0.25) is 4.79 Å². The molecular weight excluding hydrogens is 244 g/mol. The molecule has 0 spiro atoms. The fourth-order valence-electron chi connectivity index (χ4n) is 1.22. The summed E-state index contributed by atoms with van der Waals surface area (Å²) in [4.78, 5) is 15.7. The van der Waals surface area contributed by atoms with E-state index in [9.17, 15) is 4.79 Å². The Morgan fingerprint density at radius 3 is 3.00 bits per heavy atom. The van der Waals surface area contributed by atoms with Crippen molar-refractivity contribution < 1.29 is 4.79 Å². The third kappa shape index (κ3) is 2.40. The van der Waals surface area contributed by atoms with Gasteiger partial charge >= 0.3 is 0 Å². The summed E-state index contributed by atoms with van der Waals surface area (Å²) >= 11 is 7.28. The zero-order valence-electron chi connectivity index (χ0n) is 8.53. The Kier molecular flexibility index (Phi) is 3.22. The van der Waals surface area contributed by atoms with E-state index < -0.39 is 0 Å². The van der Waals surface area contributed by atoms with Gasteiger partial charge in [0.15, 0.2) is 0 Å². The van der Waals surface area contributed by atoms with Crippen LogP contribution in [0.25, 0.3) is 0 Å². The summed E-state index contributed by atoms with van der Waals surface area (Å²) in [6, 6.07) is 3.57. The predicted molar refractivity (Wildman–Crippen MR) is 66.3 cm³/mol. The van der Waals surface area contributed by atoms with Crippen molar-refractivity contribution >= 4 is 34.5 Å². The molecule has 0 saturated carbocycles. The molecule has 2 heterocycles. The molecule has 1 amide bonds. The van der Waals surface area contributed by atoms with Crippen LogP contribution in [-0.4, -0.2) is 10.9 Å². The maximum atomic E-state index is 11.7. The number of carbonyl (C=O) groups excluding carboxylic acids is 1. The third-order valence-corrected chi connectivity index (χ3v) is 3.13. The molecule has 2 aromatic heterocycles. The molecule has 82 valence electrons. The average molecular weight is 253 g/mol. The van der Waals surface area contributed by atoms with E-state index in [0.29, 0.717) is 16.4 Å². The molecule has 0 saturated heterocycles. The van der Waals surface area contributed by atoms with E-state index in [4.69, 9.17) is 11.6 Å². The van der Waals surface area contributed by atoms with E-state index in [0.717, 1.165) is 5.56 Å². The van der Waals surface area contributed by atoms with Crippen molar-refractivity contribution in [3.8, 4) is 0 Å². The molecule has 2 rings (SSSR count). The van der Waals surface area contributed by atoms with Crippen molar-refractivity contribution in [2.24, 2.45) is 0 Å². The Balaban J connectivity index is 2.15. The lowest BCUT2D eigenvalue weighted by atomic mass is 10.2. The minimum Gasteiger partial charge on any atom is -0.321 e. The second kappa shape index (κ2) is 4.63. The number of hydrogen-bond donors (Lipinski definition) is 1. The summed E-state index contributed by atoms with van der Waals surface area (Å²) in [6.45, 7) is 1.84. The number of anilines is 1. The highest BCUT2D eigenvalue weighted by Gasteiger charge is 2.07. The lowest BCUT2D eigenvalue weighted by Crippen LogP contribution is -2.11. The lowest BCUT2D eigenvalue weighted by Gasteiger charge is -2.04. The number of thiophene rings is 1. The van der Waals surface area contributed by atoms with Crippen LogP contribution in [0.15, 0.2) is 29.1 Å². The Hall–Kier alpha value is -1.39. The number of hydrogen-bond acceptors (Lipinski definition) is 3. The molecule has 0 aromatic carbocycles. The molecule has 2 aromatic rings. The maximum Gasteiger partial charge on any atom is 0.256 e. The monoisotopic (exact) mass is 252 g/mol. The van der Waals surface area contributed by atoms with Crippen LogP contribution in [0, 0.1) is 6.92 Å². The van der Waals surface area contributed by atoms with Crippen LogP contribution in [0.2, 0.25) is 5.15 Å². The predicted octanol–water partition coefficient (Wildman–Crippen LogP) is 3.36. The minimum atomic E-state index is -0.134. The number of aryl methyl sites for hydroxylation is 1. The van der Waals surface area contributed by atoms with Crippen LogP contribution in [0.4, 0.5) is 5.69 Å². The summed E-state index contributed by atoms with van der Waals surface area (Å²) in [5.41, 5.74) is 2.14. The number of carbonyl (C=O) groups is 1. The normalized spacial score (nSPS) is 10.1. The van der Waals surface area contributed by atoms with Crippen LogP contribution in [0.3, 0.4) is 0 Å². The van der Waals surface area contributed by atoms with Gasteiger partial charge in [0.2, 0.25) is 0 Å². The quantitative estimate of drug-likeness (QED) is 0.833. The zero-order valence-corrected chi connectivity index (χ0v) is 10.1. The molecule has 0 aliphatic carbocycles. The van der Waals surface area contributed by atoms with Gasteiger partial charge in [-0.1, -0.05) is 11.6 Å². The van der Waals surface area contributed by atoms with Gasteiger partial charge in [0.1, 0.15) is 5.15 Å². The van der Waals surface area contributed by atoms with Crippen LogP contribution in [-0.2, 0) is 0 Å². The van der Waals surface area contributed by atoms with Crippen molar-refractivity contribution in [1.82, 2.24) is 4.98 Å². The van der Waals surface area contributed by atoms with Crippen LogP contribution < -0.4 is 5.32 Å². The highest BCUT2D eigenvalue weighted by atomic mass is 35.5. The molecule has 0 bridgehead atoms. The molecule has 0 fully saturated rings. The largest absolute Gasteiger partial charge is 0.321 e. The number of aromatic nitrogens is 1. The fourth-order valence-corrected chi connectivity index (χ4v) is 1.96. The van der Waals surface area contributed by atoms with Crippen LogP contribution in [0.1, 0.15) is 15.9 Å².